The van der Waals surface area contributed by atoms with Gasteiger partial charge in [-0.25, -0.2) is 4.98 Å². The molecule has 2 amide bonds. The molecule has 3 rings (SSSR count). The second-order valence-electron chi connectivity index (χ2n) is 6.85. The first kappa shape index (κ1) is 18.9. The molecule has 0 radical (unpaired) electrons. The first-order chi connectivity index (χ1) is 12.2. The first-order valence-corrected chi connectivity index (χ1v) is 8.92. The Hall–Kier alpha value is -1.83. The molecule has 1 aliphatic heterocycles. The summed E-state index contributed by atoms with van der Waals surface area (Å²) in [5.74, 6) is -0.0701. The van der Waals surface area contributed by atoms with Crippen LogP contribution in [-0.2, 0) is 15.8 Å². The van der Waals surface area contributed by atoms with E-state index in [1.807, 2.05) is 0 Å². The number of carbonyl (C=O) groups excluding carboxylic acids is 2. The van der Waals surface area contributed by atoms with Crippen LogP contribution in [0.15, 0.2) is 12.3 Å². The second-order valence-corrected chi connectivity index (χ2v) is 7.25. The fourth-order valence-corrected chi connectivity index (χ4v) is 3.93. The van der Waals surface area contributed by atoms with Crippen molar-refractivity contribution in [1.29, 1.82) is 0 Å². The number of hydrogen-bond acceptors (Lipinski definition) is 4. The third kappa shape index (κ3) is 3.65. The Balaban J connectivity index is 1.52. The van der Waals surface area contributed by atoms with E-state index in [4.69, 9.17) is 11.6 Å². The lowest BCUT2D eigenvalue weighted by molar-refractivity contribution is -0.141. The second kappa shape index (κ2) is 7.06. The standard InChI is InChI=1S/C17H19ClF3N3O2/c18-12-8-11(17(19,20)21)10-23-14(12)22-6-3-7-24-13(25)9-16(15(24)26)4-1-2-5-16/h8,10H,1-7,9H2,(H,22,23). The SMILES string of the molecule is O=C1CC2(CCCC2)C(=O)N1CCCNc1ncc(C(F)(F)F)cc1Cl. The Bertz CT molecular complexity index is 718. The molecule has 142 valence electrons. The van der Waals surface area contributed by atoms with Crippen molar-refractivity contribution in [3.05, 3.63) is 22.8 Å². The van der Waals surface area contributed by atoms with Crippen molar-refractivity contribution in [2.45, 2.75) is 44.7 Å². The summed E-state index contributed by atoms with van der Waals surface area (Å²) in [6, 6.07) is 0.814. The highest BCUT2D eigenvalue weighted by molar-refractivity contribution is 6.32. The summed E-state index contributed by atoms with van der Waals surface area (Å²) in [7, 11) is 0. The fourth-order valence-electron chi connectivity index (χ4n) is 3.70. The Morgan fingerprint density at radius 3 is 2.58 bits per heavy atom. The number of likely N-dealkylation sites (tertiary alicyclic amines) is 1. The highest BCUT2D eigenvalue weighted by Crippen LogP contribution is 2.46. The molecule has 5 nitrogen and oxygen atoms in total. The van der Waals surface area contributed by atoms with Gasteiger partial charge in [0.1, 0.15) is 5.82 Å². The number of pyridine rings is 1. The maximum atomic E-state index is 12.6. The molecule has 1 spiro atoms. The molecule has 0 aromatic carbocycles. The van der Waals surface area contributed by atoms with E-state index < -0.39 is 17.2 Å². The summed E-state index contributed by atoms with van der Waals surface area (Å²) < 4.78 is 37.8. The van der Waals surface area contributed by atoms with E-state index in [1.54, 1.807) is 0 Å². The van der Waals surface area contributed by atoms with Crippen LogP contribution in [0.25, 0.3) is 0 Å². The van der Waals surface area contributed by atoms with Crippen LogP contribution < -0.4 is 5.32 Å². The first-order valence-electron chi connectivity index (χ1n) is 8.54. The molecule has 2 aliphatic rings. The van der Waals surface area contributed by atoms with E-state index in [9.17, 15) is 22.8 Å². The highest BCUT2D eigenvalue weighted by Gasteiger charge is 2.52. The van der Waals surface area contributed by atoms with Gasteiger partial charge in [-0.1, -0.05) is 24.4 Å². The van der Waals surface area contributed by atoms with Gasteiger partial charge in [-0.05, 0) is 25.3 Å². The van der Waals surface area contributed by atoms with E-state index >= 15 is 0 Å². The van der Waals surface area contributed by atoms with Crippen molar-refractivity contribution in [3.63, 3.8) is 0 Å². The number of amides is 2. The minimum absolute atomic E-state index is 0.0781. The van der Waals surface area contributed by atoms with E-state index in [1.165, 1.54) is 4.90 Å². The summed E-state index contributed by atoms with van der Waals surface area (Å²) in [5, 5.41) is 2.72. The van der Waals surface area contributed by atoms with E-state index in [0.29, 0.717) is 25.6 Å². The number of nitrogens with one attached hydrogen (secondary N) is 1. The number of nitrogens with zero attached hydrogens (tertiary/aromatic N) is 2. The number of anilines is 1. The maximum Gasteiger partial charge on any atom is 0.417 e. The van der Waals surface area contributed by atoms with Gasteiger partial charge in [0.2, 0.25) is 11.8 Å². The molecule has 1 saturated heterocycles. The van der Waals surface area contributed by atoms with Crippen LogP contribution in [0.3, 0.4) is 0 Å². The summed E-state index contributed by atoms with van der Waals surface area (Å²) in [6.45, 7) is 0.618. The van der Waals surface area contributed by atoms with Gasteiger partial charge in [-0.15, -0.1) is 0 Å². The molecule has 1 aromatic heterocycles. The molecule has 9 heteroatoms. The predicted octanol–water partition coefficient (Wildman–Crippen LogP) is 3.88. The smallest absolute Gasteiger partial charge is 0.369 e. The van der Waals surface area contributed by atoms with Crippen LogP contribution in [0.1, 0.15) is 44.1 Å². The van der Waals surface area contributed by atoms with Gasteiger partial charge in [0.15, 0.2) is 0 Å². The van der Waals surface area contributed by atoms with Crippen molar-refractivity contribution >= 4 is 29.2 Å². The van der Waals surface area contributed by atoms with Gasteiger partial charge in [-0.2, -0.15) is 13.2 Å². The van der Waals surface area contributed by atoms with Gasteiger partial charge in [0, 0.05) is 25.7 Å². The number of imide groups is 1. The zero-order chi connectivity index (χ0) is 18.9. The van der Waals surface area contributed by atoms with Crippen LogP contribution in [0.4, 0.5) is 19.0 Å². The molecule has 0 bridgehead atoms. The highest BCUT2D eigenvalue weighted by atomic mass is 35.5. The van der Waals surface area contributed by atoms with Gasteiger partial charge in [-0.3, -0.25) is 14.5 Å². The van der Waals surface area contributed by atoms with Gasteiger partial charge < -0.3 is 5.32 Å². The Morgan fingerprint density at radius 2 is 1.96 bits per heavy atom. The molecular weight excluding hydrogens is 371 g/mol. The minimum Gasteiger partial charge on any atom is -0.369 e. The molecule has 2 fully saturated rings. The van der Waals surface area contributed by atoms with Crippen LogP contribution >= 0.6 is 11.6 Å². The van der Waals surface area contributed by atoms with Crippen molar-refractivity contribution < 1.29 is 22.8 Å². The lowest BCUT2D eigenvalue weighted by Crippen LogP contribution is -2.35. The molecule has 1 aliphatic carbocycles. The molecule has 1 aromatic rings. The maximum absolute atomic E-state index is 12.6. The normalized spacial score (nSPS) is 19.6. The van der Waals surface area contributed by atoms with Crippen molar-refractivity contribution in [1.82, 2.24) is 9.88 Å². The fraction of sp³-hybridized carbons (Fsp3) is 0.588. The number of aromatic nitrogens is 1. The molecule has 2 heterocycles. The lowest BCUT2D eigenvalue weighted by Gasteiger charge is -2.21. The van der Waals surface area contributed by atoms with E-state index in [-0.39, 0.29) is 29.2 Å². The monoisotopic (exact) mass is 389 g/mol. The average molecular weight is 390 g/mol. The molecule has 0 unspecified atom stereocenters. The molecule has 0 atom stereocenters. The number of rotatable bonds is 5. The number of alkyl halides is 3. The molecule has 26 heavy (non-hydrogen) atoms. The Labute approximate surface area is 153 Å². The summed E-state index contributed by atoms with van der Waals surface area (Å²) >= 11 is 5.83. The van der Waals surface area contributed by atoms with Crippen LogP contribution in [0.2, 0.25) is 5.02 Å². The van der Waals surface area contributed by atoms with E-state index in [0.717, 1.165) is 31.7 Å². The molecular formula is C17H19ClF3N3O2. The van der Waals surface area contributed by atoms with Crippen LogP contribution in [0.5, 0.6) is 0 Å². The molecule has 1 N–H and O–H groups in total. The summed E-state index contributed by atoms with van der Waals surface area (Å²) in [4.78, 5) is 29.7. The van der Waals surface area contributed by atoms with E-state index in [2.05, 4.69) is 10.3 Å². The lowest BCUT2D eigenvalue weighted by atomic mass is 9.84. The zero-order valence-corrected chi connectivity index (χ0v) is 14.8. The average Bonchev–Trinajstić information content (AvgIpc) is 3.12. The topological polar surface area (TPSA) is 62.3 Å². The molecule has 1 saturated carbocycles. The Kier molecular flexibility index (Phi) is 5.14. The Morgan fingerprint density at radius 1 is 1.27 bits per heavy atom. The van der Waals surface area contributed by atoms with Crippen molar-refractivity contribution in [2.75, 3.05) is 18.4 Å². The quantitative estimate of drug-likeness (QED) is 0.613. The van der Waals surface area contributed by atoms with Crippen molar-refractivity contribution in [3.8, 4) is 0 Å². The number of carbonyl (C=O) groups is 2. The number of hydrogen-bond donors (Lipinski definition) is 1. The van der Waals surface area contributed by atoms with Gasteiger partial charge in [0.05, 0.1) is 16.0 Å². The number of halogens is 4. The summed E-state index contributed by atoms with van der Waals surface area (Å²) in [6.07, 6.45) is 0.486. The van der Waals surface area contributed by atoms with Gasteiger partial charge >= 0.3 is 6.18 Å². The van der Waals surface area contributed by atoms with Crippen molar-refractivity contribution in [2.24, 2.45) is 5.41 Å². The summed E-state index contributed by atoms with van der Waals surface area (Å²) in [5.41, 5.74) is -1.40. The largest absolute Gasteiger partial charge is 0.417 e. The third-order valence-electron chi connectivity index (χ3n) is 5.07. The van der Waals surface area contributed by atoms with Crippen LogP contribution in [0, 0.1) is 5.41 Å². The van der Waals surface area contributed by atoms with Crippen LogP contribution in [-0.4, -0.2) is 34.8 Å². The zero-order valence-electron chi connectivity index (χ0n) is 14.0. The minimum atomic E-state index is -4.50. The third-order valence-corrected chi connectivity index (χ3v) is 5.36. The van der Waals surface area contributed by atoms with Gasteiger partial charge in [0.25, 0.3) is 0 Å². The predicted molar refractivity (Wildman–Crippen MR) is 89.6 cm³/mol.